The van der Waals surface area contributed by atoms with Gasteiger partial charge in [-0.1, -0.05) is 0 Å². The summed E-state index contributed by atoms with van der Waals surface area (Å²) in [5.41, 5.74) is 0. The van der Waals surface area contributed by atoms with Crippen molar-refractivity contribution in [1.82, 2.24) is 0 Å². The maximum absolute atomic E-state index is 9.90. The summed E-state index contributed by atoms with van der Waals surface area (Å²) in [5.74, 6) is -1.74. The second-order valence-electron chi connectivity index (χ2n) is 1.99. The van der Waals surface area contributed by atoms with Gasteiger partial charge in [-0.2, -0.15) is 0 Å². The molecule has 0 heterocycles. The van der Waals surface area contributed by atoms with Crippen molar-refractivity contribution in [3.63, 3.8) is 0 Å². The van der Waals surface area contributed by atoms with E-state index >= 15 is 0 Å². The van der Waals surface area contributed by atoms with Gasteiger partial charge in [-0.3, -0.25) is 9.59 Å². The largest absolute Gasteiger partial charge is 0.481 e. The zero-order valence-electron chi connectivity index (χ0n) is 6.25. The van der Waals surface area contributed by atoms with E-state index < -0.39 is 11.9 Å². The van der Waals surface area contributed by atoms with Crippen LogP contribution < -0.4 is 0 Å². The molecule has 5 heteroatoms. The third-order valence-electron chi connectivity index (χ3n) is 1.03. The number of carboxylic acids is 2. The summed E-state index contributed by atoms with van der Waals surface area (Å²) in [6.45, 7) is 0. The van der Waals surface area contributed by atoms with Crippen LogP contribution in [0.25, 0.3) is 0 Å². The van der Waals surface area contributed by atoms with Crippen LogP contribution >= 0.6 is 0 Å². The van der Waals surface area contributed by atoms with Gasteiger partial charge in [-0.15, -0.1) is 0 Å². The molecule has 0 aliphatic carbocycles. The summed E-state index contributed by atoms with van der Waals surface area (Å²) < 4.78 is 0. The normalized spacial score (nSPS) is 8.36. The van der Waals surface area contributed by atoms with Crippen molar-refractivity contribution in [3.8, 4) is 0 Å². The Morgan fingerprint density at radius 1 is 0.909 bits per heavy atom. The molecule has 11 heavy (non-hydrogen) atoms. The number of hydrogen-bond acceptors (Lipinski definition) is 2. The zero-order valence-corrected chi connectivity index (χ0v) is 9.21. The number of carbonyl (C=O) groups is 2. The van der Waals surface area contributed by atoms with Crippen molar-refractivity contribution < 1.29 is 39.3 Å². The third kappa shape index (κ3) is 12.7. The molecule has 0 aliphatic rings. The van der Waals surface area contributed by atoms with Crippen molar-refractivity contribution in [2.75, 3.05) is 0 Å². The first-order valence-corrected chi connectivity index (χ1v) is 3.06. The fraction of sp³-hybridized carbons (Fsp3) is 0.667. The summed E-state index contributed by atoms with van der Waals surface area (Å²) in [5, 5.41) is 16.3. The fourth-order valence-electron chi connectivity index (χ4n) is 0.552. The molecule has 0 atom stereocenters. The number of unbranched alkanes of at least 4 members (excludes halogenated alkanes) is 1. The number of aliphatic carboxylic acids is 2. The van der Waals surface area contributed by atoms with Crippen LogP contribution in [0.1, 0.15) is 25.7 Å². The van der Waals surface area contributed by atoms with E-state index in [1.54, 1.807) is 0 Å². The van der Waals surface area contributed by atoms with E-state index in [1.807, 2.05) is 0 Å². The van der Waals surface area contributed by atoms with Crippen LogP contribution in [0.15, 0.2) is 0 Å². The monoisotopic (exact) mass is 210 g/mol. The van der Waals surface area contributed by atoms with Crippen LogP contribution in [0.4, 0.5) is 0 Å². The van der Waals surface area contributed by atoms with Gasteiger partial charge in [0.2, 0.25) is 0 Å². The predicted octanol–water partition coefficient (Wildman–Crippen LogP) is 0.714. The van der Waals surface area contributed by atoms with Crippen LogP contribution in [-0.4, -0.2) is 22.2 Å². The van der Waals surface area contributed by atoms with Gasteiger partial charge < -0.3 is 10.2 Å². The molecule has 0 amide bonds. The second kappa shape index (κ2) is 7.67. The van der Waals surface area contributed by atoms with Crippen LogP contribution in [-0.2, 0) is 29.1 Å². The Morgan fingerprint density at radius 2 is 1.18 bits per heavy atom. The molecule has 0 aromatic heterocycles. The maximum atomic E-state index is 9.90. The van der Waals surface area contributed by atoms with Crippen molar-refractivity contribution in [2.24, 2.45) is 0 Å². The Balaban J connectivity index is 0. The minimum Gasteiger partial charge on any atom is -0.481 e. The molecule has 4 nitrogen and oxygen atoms in total. The molecule has 0 spiro atoms. The van der Waals surface area contributed by atoms with E-state index in [0.29, 0.717) is 12.8 Å². The van der Waals surface area contributed by atoms with Gasteiger partial charge in [0.15, 0.2) is 0 Å². The Kier molecular flexibility index (Phi) is 9.18. The molecule has 0 fully saturated rings. The molecule has 0 bridgehead atoms. The van der Waals surface area contributed by atoms with E-state index in [1.165, 1.54) is 0 Å². The van der Waals surface area contributed by atoms with Gasteiger partial charge in [0, 0.05) is 32.3 Å². The topological polar surface area (TPSA) is 74.6 Å². The van der Waals surface area contributed by atoms with Crippen molar-refractivity contribution >= 4 is 11.9 Å². The molecule has 0 radical (unpaired) electrons. The maximum Gasteiger partial charge on any atom is 0.303 e. The van der Waals surface area contributed by atoms with Crippen LogP contribution in [0.2, 0.25) is 0 Å². The predicted molar refractivity (Wildman–Crippen MR) is 33.7 cm³/mol. The third-order valence-corrected chi connectivity index (χ3v) is 1.03. The number of carboxylic acid groups (broad SMARTS) is 2. The van der Waals surface area contributed by atoms with Crippen molar-refractivity contribution in [3.05, 3.63) is 0 Å². The summed E-state index contributed by atoms with van der Waals surface area (Å²) >= 11 is 0. The van der Waals surface area contributed by atoms with Crippen molar-refractivity contribution in [1.29, 1.82) is 0 Å². The first kappa shape index (κ1) is 13.2. The SMILES string of the molecule is O=C(O)CCCCC(=O)O.[Zn]. The smallest absolute Gasteiger partial charge is 0.303 e. The average Bonchev–Trinajstić information content (AvgIpc) is 1.79. The second-order valence-corrected chi connectivity index (χ2v) is 1.99. The summed E-state index contributed by atoms with van der Waals surface area (Å²) in [6, 6.07) is 0. The van der Waals surface area contributed by atoms with E-state index in [9.17, 15) is 9.59 Å². The molecular weight excluding hydrogens is 201 g/mol. The average molecular weight is 212 g/mol. The number of rotatable bonds is 5. The molecule has 0 rings (SSSR count). The van der Waals surface area contributed by atoms with Gasteiger partial charge in [0.1, 0.15) is 0 Å². The first-order chi connectivity index (χ1) is 4.63. The van der Waals surface area contributed by atoms with Gasteiger partial charge in [0.25, 0.3) is 0 Å². The Hall–Kier alpha value is -0.437. The van der Waals surface area contributed by atoms with Crippen LogP contribution in [0.5, 0.6) is 0 Å². The molecule has 0 aromatic rings. The van der Waals surface area contributed by atoms with E-state index in [4.69, 9.17) is 10.2 Å². The van der Waals surface area contributed by atoms with Gasteiger partial charge in [-0.05, 0) is 12.8 Å². The molecule has 2 N–H and O–H groups in total. The summed E-state index contributed by atoms with van der Waals surface area (Å²) in [4.78, 5) is 19.8. The molecule has 60 valence electrons. The Bertz CT molecular complexity index is 119. The van der Waals surface area contributed by atoms with E-state index in [2.05, 4.69) is 0 Å². The molecular formula is C6H10O4Zn. The van der Waals surface area contributed by atoms with Crippen molar-refractivity contribution in [2.45, 2.75) is 25.7 Å². The standard InChI is InChI=1S/C6H10O4.Zn/c7-5(8)3-1-2-4-6(9)10;/h1-4H2,(H,7,8)(H,9,10);. The quantitative estimate of drug-likeness (QED) is 0.519. The molecule has 0 unspecified atom stereocenters. The molecule has 0 saturated carbocycles. The summed E-state index contributed by atoms with van der Waals surface area (Å²) in [6.07, 6.45) is 1.02. The van der Waals surface area contributed by atoms with E-state index in [-0.39, 0.29) is 32.3 Å². The minimum absolute atomic E-state index is 0. The Morgan fingerprint density at radius 3 is 1.36 bits per heavy atom. The minimum atomic E-state index is -0.870. The molecule has 0 aliphatic heterocycles. The fourth-order valence-corrected chi connectivity index (χ4v) is 0.552. The van der Waals surface area contributed by atoms with E-state index in [0.717, 1.165) is 0 Å². The summed E-state index contributed by atoms with van der Waals surface area (Å²) in [7, 11) is 0. The molecule has 0 aromatic carbocycles. The van der Waals surface area contributed by atoms with Crippen LogP contribution in [0.3, 0.4) is 0 Å². The Labute approximate surface area is 77.4 Å². The molecule has 0 saturated heterocycles. The number of hydrogen-bond donors (Lipinski definition) is 2. The van der Waals surface area contributed by atoms with Gasteiger partial charge >= 0.3 is 11.9 Å². The van der Waals surface area contributed by atoms with Gasteiger partial charge in [-0.25, -0.2) is 0 Å². The first-order valence-electron chi connectivity index (χ1n) is 3.06. The van der Waals surface area contributed by atoms with Gasteiger partial charge in [0.05, 0.1) is 0 Å². The zero-order chi connectivity index (χ0) is 7.98. The van der Waals surface area contributed by atoms with Crippen LogP contribution in [0, 0.1) is 0 Å².